The normalized spacial score (nSPS) is 11.6. The summed E-state index contributed by atoms with van der Waals surface area (Å²) in [7, 11) is 1.34. The Morgan fingerprint density at radius 1 is 1.17 bits per heavy atom. The SMILES string of the molecule is COC(=O)[C@H](NCc1cccc(NC(C)=O)c1)c1ccccc1Cl. The lowest BCUT2D eigenvalue weighted by Crippen LogP contribution is -2.29. The van der Waals surface area contributed by atoms with Crippen LogP contribution in [-0.2, 0) is 20.9 Å². The van der Waals surface area contributed by atoms with Crippen LogP contribution >= 0.6 is 11.6 Å². The quantitative estimate of drug-likeness (QED) is 0.787. The molecule has 2 rings (SSSR count). The van der Waals surface area contributed by atoms with Crippen molar-refractivity contribution in [3.8, 4) is 0 Å². The lowest BCUT2D eigenvalue weighted by atomic mass is 10.1. The molecule has 0 saturated heterocycles. The Morgan fingerprint density at radius 2 is 1.92 bits per heavy atom. The zero-order valence-electron chi connectivity index (χ0n) is 13.5. The number of carbonyl (C=O) groups excluding carboxylic acids is 2. The number of esters is 1. The number of benzene rings is 2. The minimum absolute atomic E-state index is 0.136. The van der Waals surface area contributed by atoms with Crippen LogP contribution in [0.1, 0.15) is 24.1 Å². The van der Waals surface area contributed by atoms with Gasteiger partial charge in [-0.3, -0.25) is 10.1 Å². The van der Waals surface area contributed by atoms with Gasteiger partial charge in [0.2, 0.25) is 5.91 Å². The van der Waals surface area contributed by atoms with Crippen molar-refractivity contribution in [2.45, 2.75) is 19.5 Å². The van der Waals surface area contributed by atoms with Gasteiger partial charge in [0.15, 0.2) is 0 Å². The molecule has 2 aromatic rings. The van der Waals surface area contributed by atoms with Gasteiger partial charge in [-0.25, -0.2) is 4.79 Å². The summed E-state index contributed by atoms with van der Waals surface area (Å²) in [6.07, 6.45) is 0. The van der Waals surface area contributed by atoms with Gasteiger partial charge in [-0.2, -0.15) is 0 Å². The summed E-state index contributed by atoms with van der Waals surface area (Å²) in [6, 6.07) is 13.8. The fourth-order valence-corrected chi connectivity index (χ4v) is 2.57. The molecule has 2 aromatic carbocycles. The molecule has 1 amide bonds. The van der Waals surface area contributed by atoms with Crippen molar-refractivity contribution in [2.24, 2.45) is 0 Å². The van der Waals surface area contributed by atoms with Crippen LogP contribution in [0.5, 0.6) is 0 Å². The summed E-state index contributed by atoms with van der Waals surface area (Å²) in [5.41, 5.74) is 2.28. The molecule has 0 aliphatic rings. The Labute approximate surface area is 146 Å². The first-order chi connectivity index (χ1) is 11.5. The van der Waals surface area contributed by atoms with Gasteiger partial charge in [-0.1, -0.05) is 41.9 Å². The number of nitrogens with one attached hydrogen (secondary N) is 2. The predicted octanol–water partition coefficient (Wildman–Crippen LogP) is 3.30. The molecule has 5 nitrogen and oxygen atoms in total. The van der Waals surface area contributed by atoms with Crippen LogP contribution in [0.15, 0.2) is 48.5 Å². The van der Waals surface area contributed by atoms with Crippen LogP contribution in [0.3, 0.4) is 0 Å². The molecule has 0 unspecified atom stereocenters. The number of amides is 1. The van der Waals surface area contributed by atoms with Crippen molar-refractivity contribution < 1.29 is 14.3 Å². The minimum atomic E-state index is -0.673. The minimum Gasteiger partial charge on any atom is -0.468 e. The summed E-state index contributed by atoms with van der Waals surface area (Å²) >= 11 is 6.19. The molecular formula is C18H19ClN2O3. The van der Waals surface area contributed by atoms with E-state index in [1.807, 2.05) is 24.3 Å². The Bertz CT molecular complexity index is 734. The third-order valence-corrected chi connectivity index (χ3v) is 3.75. The van der Waals surface area contributed by atoms with E-state index in [0.717, 1.165) is 5.56 Å². The molecule has 24 heavy (non-hydrogen) atoms. The molecule has 0 bridgehead atoms. The summed E-state index contributed by atoms with van der Waals surface area (Å²) in [4.78, 5) is 23.2. The van der Waals surface area contributed by atoms with Gasteiger partial charge >= 0.3 is 5.97 Å². The highest BCUT2D eigenvalue weighted by molar-refractivity contribution is 6.31. The van der Waals surface area contributed by atoms with Crippen molar-refractivity contribution >= 4 is 29.2 Å². The molecule has 6 heteroatoms. The van der Waals surface area contributed by atoms with E-state index in [4.69, 9.17) is 16.3 Å². The van der Waals surface area contributed by atoms with Crippen molar-refractivity contribution in [2.75, 3.05) is 12.4 Å². The van der Waals surface area contributed by atoms with E-state index < -0.39 is 12.0 Å². The van der Waals surface area contributed by atoms with Crippen LogP contribution in [0.2, 0.25) is 5.02 Å². The van der Waals surface area contributed by atoms with E-state index in [1.165, 1.54) is 14.0 Å². The van der Waals surface area contributed by atoms with E-state index in [9.17, 15) is 9.59 Å². The Morgan fingerprint density at radius 3 is 2.58 bits per heavy atom. The topological polar surface area (TPSA) is 67.4 Å². The smallest absolute Gasteiger partial charge is 0.327 e. The molecule has 2 N–H and O–H groups in total. The summed E-state index contributed by atoms with van der Waals surface area (Å²) in [6.45, 7) is 1.87. The molecule has 0 fully saturated rings. The van der Waals surface area contributed by atoms with E-state index in [-0.39, 0.29) is 5.91 Å². The van der Waals surface area contributed by atoms with Gasteiger partial charge in [0, 0.05) is 24.2 Å². The average Bonchev–Trinajstić information content (AvgIpc) is 2.56. The molecule has 0 aliphatic carbocycles. The lowest BCUT2D eigenvalue weighted by Gasteiger charge is -2.18. The van der Waals surface area contributed by atoms with Gasteiger partial charge in [0.05, 0.1) is 7.11 Å². The maximum absolute atomic E-state index is 12.1. The number of hydrogen-bond donors (Lipinski definition) is 2. The second-order valence-corrected chi connectivity index (χ2v) is 5.65. The van der Waals surface area contributed by atoms with E-state index in [1.54, 1.807) is 24.3 Å². The number of rotatable bonds is 6. The molecule has 0 aromatic heterocycles. The number of hydrogen-bond acceptors (Lipinski definition) is 4. The summed E-state index contributed by atoms with van der Waals surface area (Å²) in [5, 5.41) is 6.37. The first kappa shape index (κ1) is 18.0. The fraction of sp³-hybridized carbons (Fsp3) is 0.222. The average molecular weight is 347 g/mol. The van der Waals surface area contributed by atoms with Crippen molar-refractivity contribution in [3.05, 3.63) is 64.7 Å². The monoisotopic (exact) mass is 346 g/mol. The van der Waals surface area contributed by atoms with Crippen LogP contribution in [-0.4, -0.2) is 19.0 Å². The molecule has 1 atom stereocenters. The predicted molar refractivity (Wildman–Crippen MR) is 93.8 cm³/mol. The van der Waals surface area contributed by atoms with Crippen molar-refractivity contribution in [1.82, 2.24) is 5.32 Å². The van der Waals surface area contributed by atoms with Gasteiger partial charge in [-0.15, -0.1) is 0 Å². The number of halogens is 1. The van der Waals surface area contributed by atoms with Crippen LogP contribution in [0, 0.1) is 0 Å². The third-order valence-electron chi connectivity index (χ3n) is 3.41. The zero-order chi connectivity index (χ0) is 17.5. The first-order valence-electron chi connectivity index (χ1n) is 7.43. The fourth-order valence-electron chi connectivity index (χ4n) is 2.33. The van der Waals surface area contributed by atoms with Crippen LogP contribution < -0.4 is 10.6 Å². The maximum Gasteiger partial charge on any atom is 0.327 e. The second-order valence-electron chi connectivity index (χ2n) is 5.24. The Kier molecular flexibility index (Phi) is 6.35. The van der Waals surface area contributed by atoms with Crippen LogP contribution in [0.25, 0.3) is 0 Å². The number of methoxy groups -OCH3 is 1. The van der Waals surface area contributed by atoms with Crippen molar-refractivity contribution in [3.63, 3.8) is 0 Å². The molecular weight excluding hydrogens is 328 g/mol. The standard InChI is InChI=1S/C18H19ClN2O3/c1-12(22)21-14-7-5-6-13(10-14)11-20-17(18(23)24-2)15-8-3-4-9-16(15)19/h3-10,17,20H,11H2,1-2H3,(H,21,22)/t17-/m1/s1. The molecule has 0 saturated carbocycles. The second kappa shape index (κ2) is 8.47. The molecule has 0 heterocycles. The molecule has 126 valence electrons. The highest BCUT2D eigenvalue weighted by atomic mass is 35.5. The van der Waals surface area contributed by atoms with E-state index in [2.05, 4.69) is 10.6 Å². The molecule has 0 aliphatic heterocycles. The lowest BCUT2D eigenvalue weighted by molar-refractivity contribution is -0.143. The maximum atomic E-state index is 12.1. The number of anilines is 1. The largest absolute Gasteiger partial charge is 0.468 e. The molecule has 0 radical (unpaired) electrons. The first-order valence-corrected chi connectivity index (χ1v) is 7.81. The number of ether oxygens (including phenoxy) is 1. The summed E-state index contributed by atoms with van der Waals surface area (Å²) in [5.74, 6) is -0.551. The van der Waals surface area contributed by atoms with Crippen molar-refractivity contribution in [1.29, 1.82) is 0 Å². The van der Waals surface area contributed by atoms with E-state index in [0.29, 0.717) is 22.8 Å². The Hall–Kier alpha value is -2.37. The van der Waals surface area contributed by atoms with E-state index >= 15 is 0 Å². The molecule has 0 spiro atoms. The van der Waals surface area contributed by atoms with Gasteiger partial charge in [-0.05, 0) is 29.3 Å². The van der Waals surface area contributed by atoms with Gasteiger partial charge in [0.25, 0.3) is 0 Å². The summed E-state index contributed by atoms with van der Waals surface area (Å²) < 4.78 is 4.87. The third kappa shape index (κ3) is 4.81. The highest BCUT2D eigenvalue weighted by Crippen LogP contribution is 2.24. The number of carbonyl (C=O) groups is 2. The van der Waals surface area contributed by atoms with Gasteiger partial charge < -0.3 is 10.1 Å². The van der Waals surface area contributed by atoms with Gasteiger partial charge in [0.1, 0.15) is 6.04 Å². The Balaban J connectivity index is 2.15. The van der Waals surface area contributed by atoms with Crippen LogP contribution in [0.4, 0.5) is 5.69 Å². The highest BCUT2D eigenvalue weighted by Gasteiger charge is 2.23. The zero-order valence-corrected chi connectivity index (χ0v) is 14.3.